The number of rotatable bonds is 6. The van der Waals surface area contributed by atoms with E-state index >= 15 is 0 Å². The number of carbonyl (C=O) groups is 1. The van der Waals surface area contributed by atoms with Gasteiger partial charge >= 0.3 is 5.97 Å². The highest BCUT2D eigenvalue weighted by Crippen LogP contribution is 2.22. The van der Waals surface area contributed by atoms with Crippen LogP contribution in [0.3, 0.4) is 0 Å². The van der Waals surface area contributed by atoms with Gasteiger partial charge in [0.15, 0.2) is 0 Å². The number of hydrogen-bond donors (Lipinski definition) is 1. The predicted octanol–water partition coefficient (Wildman–Crippen LogP) is 0.758. The minimum Gasteiger partial charge on any atom is -0.458 e. The molecule has 130 valence electrons. The predicted molar refractivity (Wildman–Crippen MR) is 82.7 cm³/mol. The number of nitro groups is 1. The fourth-order valence-electron chi connectivity index (χ4n) is 2.29. The molecule has 1 fully saturated rings. The first-order chi connectivity index (χ1) is 11.2. The molecule has 1 saturated heterocycles. The molecule has 1 aromatic carbocycles. The molecule has 1 heterocycles. The first-order valence-electron chi connectivity index (χ1n) is 6.93. The third-order valence-electron chi connectivity index (χ3n) is 3.39. The van der Waals surface area contributed by atoms with Crippen LogP contribution < -0.4 is 4.72 Å². The highest BCUT2D eigenvalue weighted by molar-refractivity contribution is 7.89. The molecule has 1 N–H and O–H groups in total. The van der Waals surface area contributed by atoms with Gasteiger partial charge in [0, 0.05) is 19.1 Å². The Labute approximate surface area is 138 Å². The summed E-state index contributed by atoms with van der Waals surface area (Å²) in [4.78, 5) is 21.0. The van der Waals surface area contributed by atoms with Crippen LogP contribution in [0.5, 0.6) is 0 Å². The zero-order valence-corrected chi connectivity index (χ0v) is 13.6. The summed E-state index contributed by atoms with van der Waals surface area (Å²) < 4.78 is 37.6. The van der Waals surface area contributed by atoms with Crippen molar-refractivity contribution in [1.29, 1.82) is 0 Å². The molecule has 9 nitrogen and oxygen atoms in total. The van der Waals surface area contributed by atoms with Crippen molar-refractivity contribution in [3.63, 3.8) is 0 Å². The van der Waals surface area contributed by atoms with E-state index in [0.717, 1.165) is 24.3 Å². The summed E-state index contributed by atoms with van der Waals surface area (Å²) in [5.41, 5.74) is -0.220. The zero-order chi connectivity index (χ0) is 17.9. The fourth-order valence-corrected chi connectivity index (χ4v) is 3.52. The summed E-state index contributed by atoms with van der Waals surface area (Å²) in [7, 11) is -3.96. The summed E-state index contributed by atoms with van der Waals surface area (Å²) in [6.45, 7) is 4.77. The van der Waals surface area contributed by atoms with Crippen molar-refractivity contribution >= 4 is 21.7 Å². The van der Waals surface area contributed by atoms with Crippen molar-refractivity contribution in [1.82, 2.24) is 4.72 Å². The molecule has 1 aromatic rings. The molecule has 24 heavy (non-hydrogen) atoms. The third kappa shape index (κ3) is 3.96. The van der Waals surface area contributed by atoms with Gasteiger partial charge in [-0.2, -0.15) is 0 Å². The van der Waals surface area contributed by atoms with E-state index in [2.05, 4.69) is 11.3 Å². The number of nitro benzene ring substituents is 1. The van der Waals surface area contributed by atoms with Crippen LogP contribution in [0.15, 0.2) is 41.8 Å². The van der Waals surface area contributed by atoms with Crippen molar-refractivity contribution < 1.29 is 27.6 Å². The Morgan fingerprint density at radius 2 is 2.08 bits per heavy atom. The molecule has 0 amide bonds. The molecule has 0 bridgehead atoms. The van der Waals surface area contributed by atoms with Crippen LogP contribution in [-0.2, 0) is 24.3 Å². The van der Waals surface area contributed by atoms with Gasteiger partial charge < -0.3 is 9.47 Å². The normalized spacial score (nSPS) is 23.6. The van der Waals surface area contributed by atoms with Gasteiger partial charge in [-0.05, 0) is 12.1 Å². The largest absolute Gasteiger partial charge is 0.458 e. The zero-order valence-electron chi connectivity index (χ0n) is 12.7. The lowest BCUT2D eigenvalue weighted by atomic mass is 10.1. The maximum atomic E-state index is 12.4. The van der Waals surface area contributed by atoms with Crippen molar-refractivity contribution in [2.45, 2.75) is 30.1 Å². The second kappa shape index (κ2) is 7.07. The molecule has 2 rings (SSSR count). The Kier molecular flexibility index (Phi) is 5.32. The number of ether oxygens (including phenoxy) is 2. The van der Waals surface area contributed by atoms with E-state index in [1.165, 1.54) is 13.0 Å². The van der Waals surface area contributed by atoms with Crippen LogP contribution >= 0.6 is 0 Å². The molecule has 0 spiro atoms. The topological polar surface area (TPSA) is 125 Å². The van der Waals surface area contributed by atoms with Gasteiger partial charge in [-0.15, -0.1) is 6.58 Å². The number of sulfonamides is 1. The second-order valence-electron chi connectivity index (χ2n) is 5.09. The molecule has 0 saturated carbocycles. The van der Waals surface area contributed by atoms with Crippen molar-refractivity contribution in [3.8, 4) is 0 Å². The molecule has 3 atom stereocenters. The van der Waals surface area contributed by atoms with Crippen LogP contribution in [0.25, 0.3) is 0 Å². The average molecular weight is 356 g/mol. The first-order valence-corrected chi connectivity index (χ1v) is 8.41. The van der Waals surface area contributed by atoms with Gasteiger partial charge in [0.05, 0.1) is 22.5 Å². The number of non-ortho nitro benzene ring substituents is 1. The molecule has 0 aromatic heterocycles. The lowest BCUT2D eigenvalue weighted by molar-refractivity contribution is -0.384. The van der Waals surface area contributed by atoms with E-state index in [9.17, 15) is 23.3 Å². The van der Waals surface area contributed by atoms with Gasteiger partial charge in [-0.1, -0.05) is 6.08 Å². The summed E-state index contributed by atoms with van der Waals surface area (Å²) >= 11 is 0. The average Bonchev–Trinajstić information content (AvgIpc) is 2.88. The highest BCUT2D eigenvalue weighted by Gasteiger charge is 2.40. The molecule has 0 unspecified atom stereocenters. The maximum absolute atomic E-state index is 12.4. The lowest BCUT2D eigenvalue weighted by Crippen LogP contribution is -2.46. The van der Waals surface area contributed by atoms with E-state index in [4.69, 9.17) is 9.47 Å². The molecule has 1 aliphatic heterocycles. The number of nitrogens with one attached hydrogen (secondary N) is 1. The molecule has 0 aliphatic carbocycles. The van der Waals surface area contributed by atoms with E-state index in [1.54, 1.807) is 0 Å². The quantitative estimate of drug-likeness (QED) is 0.345. The Bertz CT molecular complexity index is 745. The first kappa shape index (κ1) is 18.0. The third-order valence-corrected chi connectivity index (χ3v) is 4.89. The van der Waals surface area contributed by atoms with E-state index in [1.807, 2.05) is 0 Å². The number of esters is 1. The fraction of sp³-hybridized carbons (Fsp3) is 0.357. The van der Waals surface area contributed by atoms with Gasteiger partial charge in [-0.25, -0.2) is 13.1 Å². The second-order valence-corrected chi connectivity index (χ2v) is 6.80. The van der Waals surface area contributed by atoms with Crippen molar-refractivity contribution in [2.24, 2.45) is 0 Å². The highest BCUT2D eigenvalue weighted by atomic mass is 32.2. The van der Waals surface area contributed by atoms with Crippen LogP contribution in [0.2, 0.25) is 0 Å². The lowest BCUT2D eigenvalue weighted by Gasteiger charge is -2.21. The standard InChI is InChI=1S/C14H16N2O7S/c1-3-13-14(23-9(2)17)12(8-22-13)15-24(20,21)11-6-4-10(5-7-11)16(18)19/h3-7,12-15H,1,8H2,2H3/t12-,13-,14+/m0/s1. The Morgan fingerprint density at radius 3 is 2.58 bits per heavy atom. The molecular formula is C14H16N2O7S. The molecule has 10 heteroatoms. The summed E-state index contributed by atoms with van der Waals surface area (Å²) in [6.07, 6.45) is -0.0420. The Morgan fingerprint density at radius 1 is 1.46 bits per heavy atom. The maximum Gasteiger partial charge on any atom is 0.303 e. The van der Waals surface area contributed by atoms with Crippen LogP contribution in [0.1, 0.15) is 6.92 Å². The van der Waals surface area contributed by atoms with E-state index in [0.29, 0.717) is 0 Å². The minimum absolute atomic E-state index is 0.000838. The summed E-state index contributed by atoms with van der Waals surface area (Å²) in [5, 5.41) is 10.6. The smallest absolute Gasteiger partial charge is 0.303 e. The van der Waals surface area contributed by atoms with Crippen LogP contribution in [-0.4, -0.2) is 44.2 Å². The van der Waals surface area contributed by atoms with Crippen LogP contribution in [0.4, 0.5) is 5.69 Å². The minimum atomic E-state index is -3.96. The van der Waals surface area contributed by atoms with Gasteiger partial charge in [0.2, 0.25) is 10.0 Å². The SMILES string of the molecule is C=C[C@@H]1OC[C@H](NS(=O)(=O)c2ccc([N+](=O)[O-])cc2)[C@H]1OC(C)=O. The van der Waals surface area contributed by atoms with Gasteiger partial charge in [0.1, 0.15) is 12.2 Å². The van der Waals surface area contributed by atoms with Gasteiger partial charge in [0.25, 0.3) is 5.69 Å². The number of benzene rings is 1. The number of nitrogens with zero attached hydrogens (tertiary/aromatic N) is 1. The Balaban J connectivity index is 2.19. The molecular weight excluding hydrogens is 340 g/mol. The molecule has 1 aliphatic rings. The summed E-state index contributed by atoms with van der Waals surface area (Å²) in [6, 6.07) is 3.65. The van der Waals surface area contributed by atoms with Crippen molar-refractivity contribution in [3.05, 3.63) is 47.0 Å². The Hall–Kier alpha value is -2.30. The number of hydrogen-bond acceptors (Lipinski definition) is 7. The van der Waals surface area contributed by atoms with Gasteiger partial charge in [-0.3, -0.25) is 14.9 Å². The van der Waals surface area contributed by atoms with Crippen LogP contribution in [0, 0.1) is 10.1 Å². The van der Waals surface area contributed by atoms with E-state index < -0.39 is 39.2 Å². The van der Waals surface area contributed by atoms with Crippen molar-refractivity contribution in [2.75, 3.05) is 6.61 Å². The number of carbonyl (C=O) groups excluding carboxylic acids is 1. The monoisotopic (exact) mass is 356 g/mol. The molecule has 0 radical (unpaired) electrons. The summed E-state index contributed by atoms with van der Waals surface area (Å²) in [5.74, 6) is -0.572. The van der Waals surface area contributed by atoms with E-state index in [-0.39, 0.29) is 17.2 Å².